The number of benzene rings is 2. The molecule has 0 amide bonds. The highest BCUT2D eigenvalue weighted by molar-refractivity contribution is 9.10. The van der Waals surface area contributed by atoms with Gasteiger partial charge >= 0.3 is 0 Å². The maximum atomic E-state index is 13.3. The van der Waals surface area contributed by atoms with Gasteiger partial charge in [-0.05, 0) is 46.7 Å². The molecule has 1 nitrogen and oxygen atoms in total. The van der Waals surface area contributed by atoms with E-state index in [0.717, 1.165) is 15.6 Å². The van der Waals surface area contributed by atoms with Crippen molar-refractivity contribution in [3.05, 3.63) is 69.4 Å². The van der Waals surface area contributed by atoms with Crippen LogP contribution in [0, 0.1) is 5.82 Å². The molecule has 0 saturated carbocycles. The van der Waals surface area contributed by atoms with E-state index >= 15 is 0 Å². The van der Waals surface area contributed by atoms with E-state index in [1.54, 1.807) is 6.07 Å². The second-order valence-corrected chi connectivity index (χ2v) is 7.27. The molecule has 0 heterocycles. The Bertz CT molecular complexity index is 614. The Balaban J connectivity index is 2.17. The van der Waals surface area contributed by atoms with Crippen LogP contribution in [0.2, 0.25) is 0 Å². The molecule has 0 fully saturated rings. The van der Waals surface area contributed by atoms with Crippen LogP contribution in [0.4, 0.5) is 4.39 Å². The van der Waals surface area contributed by atoms with Gasteiger partial charge < -0.3 is 5.73 Å². The van der Waals surface area contributed by atoms with Gasteiger partial charge in [-0.1, -0.05) is 61.0 Å². The highest BCUT2D eigenvalue weighted by atomic mass is 79.9. The Morgan fingerprint density at radius 2 is 1.71 bits per heavy atom. The molecule has 0 saturated heterocycles. The quantitative estimate of drug-likeness (QED) is 0.816. The van der Waals surface area contributed by atoms with Gasteiger partial charge in [0.1, 0.15) is 5.82 Å². The third-order valence-electron chi connectivity index (χ3n) is 3.65. The lowest BCUT2D eigenvalue weighted by molar-refractivity contribution is 0.589. The minimum atomic E-state index is -0.233. The first-order valence-corrected chi connectivity index (χ1v) is 7.86. The van der Waals surface area contributed by atoms with Crippen LogP contribution in [0.25, 0.3) is 0 Å². The van der Waals surface area contributed by atoms with E-state index in [-0.39, 0.29) is 17.3 Å². The van der Waals surface area contributed by atoms with Gasteiger partial charge in [0, 0.05) is 10.5 Å². The van der Waals surface area contributed by atoms with Crippen LogP contribution in [0.15, 0.2) is 46.9 Å². The van der Waals surface area contributed by atoms with Crippen molar-refractivity contribution in [2.24, 2.45) is 5.73 Å². The van der Waals surface area contributed by atoms with Crippen LogP contribution in [-0.2, 0) is 11.8 Å². The molecular formula is C18H21BrFN. The number of rotatable bonds is 3. The summed E-state index contributed by atoms with van der Waals surface area (Å²) in [5, 5.41) is 0. The fraction of sp³-hybridized carbons (Fsp3) is 0.333. The van der Waals surface area contributed by atoms with Crippen molar-refractivity contribution in [3.8, 4) is 0 Å². The van der Waals surface area contributed by atoms with E-state index in [4.69, 9.17) is 5.73 Å². The lowest BCUT2D eigenvalue weighted by atomic mass is 9.86. The largest absolute Gasteiger partial charge is 0.324 e. The highest BCUT2D eigenvalue weighted by Crippen LogP contribution is 2.26. The van der Waals surface area contributed by atoms with Crippen LogP contribution >= 0.6 is 15.9 Å². The van der Waals surface area contributed by atoms with E-state index in [2.05, 4.69) is 61.0 Å². The molecule has 0 aromatic heterocycles. The third-order valence-corrected chi connectivity index (χ3v) is 4.43. The molecule has 0 bridgehead atoms. The number of nitrogens with two attached hydrogens (primary N) is 1. The topological polar surface area (TPSA) is 26.0 Å². The second kappa shape index (κ2) is 6.29. The first kappa shape index (κ1) is 16.2. The van der Waals surface area contributed by atoms with Crippen molar-refractivity contribution in [2.45, 2.75) is 38.6 Å². The van der Waals surface area contributed by atoms with Crippen molar-refractivity contribution < 1.29 is 4.39 Å². The summed E-state index contributed by atoms with van der Waals surface area (Å²) >= 11 is 3.45. The summed E-state index contributed by atoms with van der Waals surface area (Å²) in [7, 11) is 0. The molecule has 0 spiro atoms. The fourth-order valence-electron chi connectivity index (χ4n) is 2.28. The van der Waals surface area contributed by atoms with Crippen molar-refractivity contribution in [3.63, 3.8) is 0 Å². The second-order valence-electron chi connectivity index (χ2n) is 6.42. The molecule has 1 atom stereocenters. The summed E-state index contributed by atoms with van der Waals surface area (Å²) in [6.45, 7) is 6.56. The lowest BCUT2D eigenvalue weighted by Gasteiger charge is -2.20. The van der Waals surface area contributed by atoms with Gasteiger partial charge in [-0.15, -0.1) is 0 Å². The third kappa shape index (κ3) is 4.14. The van der Waals surface area contributed by atoms with E-state index in [1.807, 2.05) is 0 Å². The molecule has 2 rings (SSSR count). The molecule has 0 radical (unpaired) electrons. The average Bonchev–Trinajstić information content (AvgIpc) is 2.42. The van der Waals surface area contributed by atoms with Gasteiger partial charge in [0.25, 0.3) is 0 Å². The summed E-state index contributed by atoms with van der Waals surface area (Å²) < 4.78 is 14.2. The van der Waals surface area contributed by atoms with E-state index in [9.17, 15) is 4.39 Å². The first-order valence-electron chi connectivity index (χ1n) is 7.07. The van der Waals surface area contributed by atoms with Crippen molar-refractivity contribution in [1.82, 2.24) is 0 Å². The summed E-state index contributed by atoms with van der Waals surface area (Å²) in [6.07, 6.45) is 0.604. The number of hydrogen-bond donors (Lipinski definition) is 1. The predicted molar refractivity (Wildman–Crippen MR) is 89.9 cm³/mol. The molecule has 0 aliphatic heterocycles. The minimum Gasteiger partial charge on any atom is -0.324 e. The van der Waals surface area contributed by atoms with E-state index in [1.165, 1.54) is 17.7 Å². The Hall–Kier alpha value is -1.19. The van der Waals surface area contributed by atoms with Crippen LogP contribution in [0.1, 0.15) is 43.5 Å². The van der Waals surface area contributed by atoms with Gasteiger partial charge in [-0.25, -0.2) is 4.39 Å². The molecule has 1 unspecified atom stereocenters. The molecular weight excluding hydrogens is 329 g/mol. The molecule has 2 aromatic rings. The van der Waals surface area contributed by atoms with Gasteiger partial charge in [0.2, 0.25) is 0 Å². The SMILES string of the molecule is CC(C)(C)c1ccc(C(N)Cc2cc(F)ccc2Br)cc1. The molecule has 3 heteroatoms. The normalized spacial score (nSPS) is 13.2. The summed E-state index contributed by atoms with van der Waals surface area (Å²) in [6, 6.07) is 12.9. The zero-order valence-electron chi connectivity index (χ0n) is 12.7. The lowest BCUT2D eigenvalue weighted by Crippen LogP contribution is -2.15. The summed E-state index contributed by atoms with van der Waals surface area (Å²) in [5.74, 6) is -0.233. The Kier molecular flexibility index (Phi) is 4.84. The van der Waals surface area contributed by atoms with E-state index < -0.39 is 0 Å². The maximum absolute atomic E-state index is 13.3. The number of hydrogen-bond acceptors (Lipinski definition) is 1. The minimum absolute atomic E-state index is 0.133. The van der Waals surface area contributed by atoms with Gasteiger partial charge in [-0.2, -0.15) is 0 Å². The molecule has 0 aliphatic carbocycles. The Labute approximate surface area is 134 Å². The van der Waals surface area contributed by atoms with Crippen LogP contribution in [0.3, 0.4) is 0 Å². The molecule has 112 valence electrons. The molecule has 2 aromatic carbocycles. The van der Waals surface area contributed by atoms with Crippen LogP contribution in [-0.4, -0.2) is 0 Å². The average molecular weight is 350 g/mol. The zero-order chi connectivity index (χ0) is 15.6. The number of halogens is 2. The van der Waals surface area contributed by atoms with Crippen LogP contribution < -0.4 is 5.73 Å². The summed E-state index contributed by atoms with van der Waals surface area (Å²) in [4.78, 5) is 0. The fourth-order valence-corrected chi connectivity index (χ4v) is 2.69. The smallest absolute Gasteiger partial charge is 0.123 e. The van der Waals surface area contributed by atoms with Gasteiger partial charge in [0.15, 0.2) is 0 Å². The van der Waals surface area contributed by atoms with Crippen LogP contribution in [0.5, 0.6) is 0 Å². The monoisotopic (exact) mass is 349 g/mol. The van der Waals surface area contributed by atoms with E-state index in [0.29, 0.717) is 6.42 Å². The maximum Gasteiger partial charge on any atom is 0.123 e. The highest BCUT2D eigenvalue weighted by Gasteiger charge is 2.15. The predicted octanol–water partition coefficient (Wildman–Crippen LogP) is 5.13. The molecule has 2 N–H and O–H groups in total. The van der Waals surface area contributed by atoms with Gasteiger partial charge in [0.05, 0.1) is 0 Å². The summed E-state index contributed by atoms with van der Waals surface area (Å²) in [5.41, 5.74) is 9.64. The zero-order valence-corrected chi connectivity index (χ0v) is 14.2. The molecule has 21 heavy (non-hydrogen) atoms. The standard InChI is InChI=1S/C18H21BrFN/c1-18(2,3)14-6-4-12(5-7-14)17(21)11-13-10-15(20)8-9-16(13)19/h4-10,17H,11,21H2,1-3H3. The molecule has 0 aliphatic rings. The first-order chi connectivity index (χ1) is 9.77. The Morgan fingerprint density at radius 3 is 2.29 bits per heavy atom. The van der Waals surface area contributed by atoms with Gasteiger partial charge in [-0.3, -0.25) is 0 Å². The van der Waals surface area contributed by atoms with Crippen molar-refractivity contribution >= 4 is 15.9 Å². The van der Waals surface area contributed by atoms with Crippen molar-refractivity contribution in [1.29, 1.82) is 0 Å². The van der Waals surface area contributed by atoms with Crippen molar-refractivity contribution in [2.75, 3.05) is 0 Å². The Morgan fingerprint density at radius 1 is 1.10 bits per heavy atom.